The molecular weight excluding hydrogens is 532 g/mol. The molecule has 0 unspecified atom stereocenters. The third-order valence-corrected chi connectivity index (χ3v) is 9.63. The molecule has 2 atom stereocenters. The van der Waals surface area contributed by atoms with E-state index in [9.17, 15) is 18.4 Å². The Labute approximate surface area is 241 Å². The summed E-state index contributed by atoms with van der Waals surface area (Å²) in [6.07, 6.45) is 2.06. The van der Waals surface area contributed by atoms with Gasteiger partial charge in [0.25, 0.3) is 0 Å². The molecule has 1 spiro atoms. The lowest BCUT2D eigenvalue weighted by Crippen LogP contribution is -2.52. The Balaban J connectivity index is 1.39. The summed E-state index contributed by atoms with van der Waals surface area (Å²) in [6, 6.07) is 7.63. The van der Waals surface area contributed by atoms with E-state index in [-0.39, 0.29) is 23.8 Å². The van der Waals surface area contributed by atoms with Crippen LogP contribution in [0.2, 0.25) is 5.02 Å². The smallest absolute Gasteiger partial charge is 0.238 e. The number of carbonyl (C=O) groups is 2. The van der Waals surface area contributed by atoms with Crippen molar-refractivity contribution in [2.24, 2.45) is 11.8 Å². The van der Waals surface area contributed by atoms with Crippen LogP contribution in [0, 0.1) is 30.4 Å². The molecule has 216 valence electrons. The van der Waals surface area contributed by atoms with Crippen molar-refractivity contribution in [1.29, 1.82) is 0 Å². The Morgan fingerprint density at radius 2 is 1.77 bits per heavy atom. The quantitative estimate of drug-likeness (QED) is 0.408. The van der Waals surface area contributed by atoms with Crippen LogP contribution in [0.1, 0.15) is 69.6 Å². The number of benzene rings is 2. The number of anilines is 1. The third kappa shape index (κ3) is 5.04. The summed E-state index contributed by atoms with van der Waals surface area (Å²) in [5, 5.41) is 0.643. The van der Waals surface area contributed by atoms with Crippen molar-refractivity contribution in [3.05, 3.63) is 63.7 Å². The summed E-state index contributed by atoms with van der Waals surface area (Å²) >= 11 is 6.47. The highest BCUT2D eigenvalue weighted by atomic mass is 35.5. The van der Waals surface area contributed by atoms with Gasteiger partial charge in [-0.05, 0) is 81.3 Å². The molecule has 0 bridgehead atoms. The molecule has 2 aromatic carbocycles. The predicted octanol–water partition coefficient (Wildman–Crippen LogP) is 6.30. The van der Waals surface area contributed by atoms with E-state index in [1.807, 2.05) is 42.7 Å². The van der Waals surface area contributed by atoms with Crippen molar-refractivity contribution in [1.82, 2.24) is 9.80 Å². The molecule has 2 amide bonds. The second kappa shape index (κ2) is 11.1. The summed E-state index contributed by atoms with van der Waals surface area (Å²) < 4.78 is 28.6. The van der Waals surface area contributed by atoms with Gasteiger partial charge in [-0.2, -0.15) is 0 Å². The van der Waals surface area contributed by atoms with E-state index in [1.54, 1.807) is 0 Å². The van der Waals surface area contributed by atoms with E-state index in [0.717, 1.165) is 35.8 Å². The lowest BCUT2D eigenvalue weighted by atomic mass is 9.73. The monoisotopic (exact) mass is 571 g/mol. The first-order valence-corrected chi connectivity index (χ1v) is 14.9. The molecule has 0 aromatic heterocycles. The number of hydrogen-bond donors (Lipinski definition) is 0. The zero-order valence-electron chi connectivity index (χ0n) is 24.1. The normalized spacial score (nSPS) is 22.7. The summed E-state index contributed by atoms with van der Waals surface area (Å²) in [4.78, 5) is 33.9. The zero-order valence-corrected chi connectivity index (χ0v) is 24.9. The van der Waals surface area contributed by atoms with Crippen LogP contribution in [0.5, 0.6) is 0 Å². The molecule has 3 heterocycles. The number of carbonyl (C=O) groups excluding carboxylic acids is 2. The van der Waals surface area contributed by atoms with E-state index in [1.165, 1.54) is 12.1 Å². The first-order chi connectivity index (χ1) is 18.9. The predicted molar refractivity (Wildman–Crippen MR) is 155 cm³/mol. The largest absolute Gasteiger partial charge is 0.342 e. The maximum absolute atomic E-state index is 14.9. The number of fused-ring (bicyclic) bond motifs is 2. The topological polar surface area (TPSA) is 43.9 Å². The van der Waals surface area contributed by atoms with Gasteiger partial charge in [0, 0.05) is 54.9 Å². The van der Waals surface area contributed by atoms with Gasteiger partial charge in [-0.3, -0.25) is 9.59 Å². The second-order valence-electron chi connectivity index (χ2n) is 12.6. The molecule has 2 saturated heterocycles. The summed E-state index contributed by atoms with van der Waals surface area (Å²) in [7, 11) is 0. The fourth-order valence-electron chi connectivity index (χ4n) is 6.92. The highest BCUT2D eigenvalue weighted by Crippen LogP contribution is 2.50. The molecular formula is C32H40ClF2N3O2. The Morgan fingerprint density at radius 3 is 2.40 bits per heavy atom. The number of aryl methyl sites for hydroxylation is 1. The van der Waals surface area contributed by atoms with Crippen LogP contribution in [0.25, 0.3) is 0 Å². The van der Waals surface area contributed by atoms with Gasteiger partial charge in [0.05, 0.1) is 11.3 Å². The van der Waals surface area contributed by atoms with Gasteiger partial charge in [-0.25, -0.2) is 8.78 Å². The Morgan fingerprint density at radius 1 is 1.07 bits per heavy atom. The zero-order chi connectivity index (χ0) is 28.9. The number of hydrogen-bond acceptors (Lipinski definition) is 3. The number of nitrogens with zero attached hydrogens (tertiary/aromatic N) is 3. The van der Waals surface area contributed by atoms with E-state index >= 15 is 0 Å². The maximum Gasteiger partial charge on any atom is 0.238 e. The molecule has 3 aliphatic heterocycles. The van der Waals surface area contributed by atoms with Crippen LogP contribution < -0.4 is 4.90 Å². The average molecular weight is 572 g/mol. The third-order valence-electron chi connectivity index (χ3n) is 9.22. The molecule has 0 aliphatic carbocycles. The lowest BCUT2D eigenvalue weighted by molar-refractivity contribution is -0.139. The fraction of sp³-hybridized carbons (Fsp3) is 0.562. The molecule has 2 fully saturated rings. The molecule has 3 aliphatic rings. The van der Waals surface area contributed by atoms with Crippen LogP contribution in [0.15, 0.2) is 30.3 Å². The van der Waals surface area contributed by atoms with Crippen molar-refractivity contribution < 1.29 is 18.4 Å². The molecule has 5 nitrogen and oxygen atoms in total. The van der Waals surface area contributed by atoms with Crippen LogP contribution in [-0.2, 0) is 15.0 Å². The SMILES string of the molecule is Cc1cc2c(cc1Cl)N(C(C)C)C(=O)C21CCN(C(=O)[C@@H]2CN(CCC(C)C)C[C@H]2c2ccc(F)cc2F)CC1. The van der Waals surface area contributed by atoms with Gasteiger partial charge < -0.3 is 14.7 Å². The molecule has 8 heteroatoms. The van der Waals surface area contributed by atoms with Crippen molar-refractivity contribution in [2.75, 3.05) is 37.6 Å². The van der Waals surface area contributed by atoms with Gasteiger partial charge in [0.15, 0.2) is 0 Å². The highest BCUT2D eigenvalue weighted by Gasteiger charge is 2.54. The van der Waals surface area contributed by atoms with Crippen molar-refractivity contribution in [3.8, 4) is 0 Å². The van der Waals surface area contributed by atoms with Gasteiger partial charge in [-0.15, -0.1) is 0 Å². The summed E-state index contributed by atoms with van der Waals surface area (Å²) in [5.41, 5.74) is 2.55. The number of likely N-dealkylation sites (tertiary alicyclic amines) is 2. The average Bonchev–Trinajstić information content (AvgIpc) is 3.41. The summed E-state index contributed by atoms with van der Waals surface area (Å²) in [6.45, 7) is 13.2. The fourth-order valence-corrected chi connectivity index (χ4v) is 7.08. The number of rotatable bonds is 6. The van der Waals surface area contributed by atoms with Gasteiger partial charge in [0.1, 0.15) is 11.6 Å². The van der Waals surface area contributed by atoms with E-state index in [2.05, 4.69) is 18.7 Å². The number of halogens is 3. The molecule has 0 saturated carbocycles. The minimum absolute atomic E-state index is 0.00528. The second-order valence-corrected chi connectivity index (χ2v) is 13.0. The standard InChI is InChI=1S/C32H40ClF2N3O2/c1-19(2)8-11-36-17-24(23-7-6-22(34)15-28(23)35)25(18-36)30(39)37-12-9-32(10-13-37)26-14-21(5)27(33)16-29(26)38(20(3)4)31(32)40/h6-7,14-16,19-20,24-25H,8-13,17-18H2,1-5H3/t24-,25+/m0/s1. The maximum atomic E-state index is 14.9. The van der Waals surface area contributed by atoms with E-state index in [0.29, 0.717) is 55.5 Å². The molecule has 0 N–H and O–H groups in total. The minimum atomic E-state index is -0.673. The van der Waals surface area contributed by atoms with Gasteiger partial charge in [0.2, 0.25) is 11.8 Å². The molecule has 5 rings (SSSR count). The molecule has 40 heavy (non-hydrogen) atoms. The number of piperidine rings is 1. The Bertz CT molecular complexity index is 1310. The van der Waals surface area contributed by atoms with Gasteiger partial charge in [-0.1, -0.05) is 37.6 Å². The highest BCUT2D eigenvalue weighted by molar-refractivity contribution is 6.32. The Kier molecular flexibility index (Phi) is 8.01. The number of amides is 2. The Hall–Kier alpha value is -2.51. The van der Waals surface area contributed by atoms with Gasteiger partial charge >= 0.3 is 0 Å². The summed E-state index contributed by atoms with van der Waals surface area (Å²) in [5.74, 6) is -1.37. The molecule has 2 aromatic rings. The van der Waals surface area contributed by atoms with E-state index < -0.39 is 23.0 Å². The van der Waals surface area contributed by atoms with Crippen LogP contribution in [0.3, 0.4) is 0 Å². The lowest BCUT2D eigenvalue weighted by Gasteiger charge is -2.40. The van der Waals surface area contributed by atoms with Crippen LogP contribution >= 0.6 is 11.6 Å². The van der Waals surface area contributed by atoms with Crippen molar-refractivity contribution in [2.45, 2.75) is 71.3 Å². The van der Waals surface area contributed by atoms with Crippen LogP contribution in [-0.4, -0.2) is 60.4 Å². The van der Waals surface area contributed by atoms with E-state index in [4.69, 9.17) is 11.6 Å². The van der Waals surface area contributed by atoms with Crippen molar-refractivity contribution >= 4 is 29.1 Å². The van der Waals surface area contributed by atoms with Crippen LogP contribution in [0.4, 0.5) is 14.5 Å². The first-order valence-electron chi connectivity index (χ1n) is 14.5. The van der Waals surface area contributed by atoms with Crippen molar-refractivity contribution in [3.63, 3.8) is 0 Å². The first kappa shape index (κ1) is 29.0. The molecule has 0 radical (unpaired) electrons. The minimum Gasteiger partial charge on any atom is -0.342 e.